The van der Waals surface area contributed by atoms with Crippen molar-refractivity contribution in [2.24, 2.45) is 0 Å². The summed E-state index contributed by atoms with van der Waals surface area (Å²) in [7, 11) is 0. The minimum Gasteiger partial charge on any atom is -0.508 e. The molecule has 0 aliphatic carbocycles. The lowest BCUT2D eigenvalue weighted by molar-refractivity contribution is 0.442. The van der Waals surface area contributed by atoms with Gasteiger partial charge in [0.1, 0.15) is 17.2 Å². The Morgan fingerprint density at radius 3 is 2.00 bits per heavy atom. The van der Waals surface area contributed by atoms with E-state index in [1.807, 2.05) is 0 Å². The quantitative estimate of drug-likeness (QED) is 0.747. The number of phenolic OH excluding ortho intramolecular Hbond substituents is 3. The average molecular weight is 234 g/mol. The Hall–Kier alpha value is -1.81. The molecule has 0 saturated heterocycles. The van der Waals surface area contributed by atoms with Crippen molar-refractivity contribution in [1.29, 1.82) is 0 Å². The molecule has 0 fully saturated rings. The summed E-state index contributed by atoms with van der Waals surface area (Å²) < 4.78 is 0. The summed E-state index contributed by atoms with van der Waals surface area (Å²) in [5, 5.41) is 27.8. The third kappa shape index (κ3) is 2.41. The normalized spacial score (nSPS) is 10.2. The van der Waals surface area contributed by atoms with Gasteiger partial charge < -0.3 is 15.3 Å². The molecule has 0 radical (unpaired) electrons. The van der Waals surface area contributed by atoms with Gasteiger partial charge in [0.25, 0.3) is 0 Å². The highest BCUT2D eigenvalue weighted by Crippen LogP contribution is 2.36. The summed E-state index contributed by atoms with van der Waals surface area (Å²) in [5.41, 5.74) is 0. The zero-order valence-corrected chi connectivity index (χ0v) is 9.11. The van der Waals surface area contributed by atoms with E-state index in [-0.39, 0.29) is 17.2 Å². The lowest BCUT2D eigenvalue weighted by Gasteiger charge is -2.04. The summed E-state index contributed by atoms with van der Waals surface area (Å²) in [5.74, 6) is 0.282. The van der Waals surface area contributed by atoms with Crippen LogP contribution in [0.1, 0.15) is 0 Å². The predicted octanol–water partition coefficient (Wildman–Crippen LogP) is 2.95. The van der Waals surface area contributed by atoms with Gasteiger partial charge in [0.2, 0.25) is 0 Å². The standard InChI is InChI=1S/C12H10O3S/c13-8-1-4-10(5-2-8)16-12-6-3-9(14)7-11(12)15/h1-7,13-15H. The van der Waals surface area contributed by atoms with Crippen molar-refractivity contribution >= 4 is 11.8 Å². The third-order valence-electron chi connectivity index (χ3n) is 2.01. The molecule has 0 aromatic heterocycles. The summed E-state index contributed by atoms with van der Waals surface area (Å²) >= 11 is 1.36. The van der Waals surface area contributed by atoms with Gasteiger partial charge in [-0.15, -0.1) is 0 Å². The van der Waals surface area contributed by atoms with Crippen LogP contribution in [0.4, 0.5) is 0 Å². The second-order valence-corrected chi connectivity index (χ2v) is 4.36. The van der Waals surface area contributed by atoms with E-state index in [9.17, 15) is 5.11 Å². The highest BCUT2D eigenvalue weighted by atomic mass is 32.2. The molecule has 3 nitrogen and oxygen atoms in total. The largest absolute Gasteiger partial charge is 0.508 e. The summed E-state index contributed by atoms with van der Waals surface area (Å²) in [6, 6.07) is 11.1. The number of rotatable bonds is 2. The molecular weight excluding hydrogens is 224 g/mol. The van der Waals surface area contributed by atoms with E-state index in [0.29, 0.717) is 4.90 Å². The zero-order chi connectivity index (χ0) is 11.5. The van der Waals surface area contributed by atoms with Crippen LogP contribution in [0.5, 0.6) is 17.2 Å². The molecule has 2 aromatic rings. The molecule has 0 atom stereocenters. The van der Waals surface area contributed by atoms with Gasteiger partial charge in [0, 0.05) is 11.0 Å². The summed E-state index contributed by atoms with van der Waals surface area (Å²) in [4.78, 5) is 1.56. The molecule has 2 rings (SSSR count). The van der Waals surface area contributed by atoms with Crippen molar-refractivity contribution in [3.8, 4) is 17.2 Å². The van der Waals surface area contributed by atoms with Gasteiger partial charge in [-0.3, -0.25) is 0 Å². The number of benzene rings is 2. The summed E-state index contributed by atoms with van der Waals surface area (Å²) in [6.45, 7) is 0. The van der Waals surface area contributed by atoms with Gasteiger partial charge in [0.05, 0.1) is 4.90 Å². The lowest BCUT2D eigenvalue weighted by atomic mass is 10.3. The van der Waals surface area contributed by atoms with Gasteiger partial charge in [-0.1, -0.05) is 11.8 Å². The van der Waals surface area contributed by atoms with Crippen molar-refractivity contribution in [1.82, 2.24) is 0 Å². The second-order valence-electron chi connectivity index (χ2n) is 3.25. The first-order valence-corrected chi connectivity index (χ1v) is 5.45. The molecule has 0 spiro atoms. The SMILES string of the molecule is Oc1ccc(Sc2ccc(O)cc2O)cc1. The Morgan fingerprint density at radius 2 is 1.38 bits per heavy atom. The van der Waals surface area contributed by atoms with Crippen molar-refractivity contribution < 1.29 is 15.3 Å². The van der Waals surface area contributed by atoms with Gasteiger partial charge in [-0.2, -0.15) is 0 Å². The van der Waals surface area contributed by atoms with Gasteiger partial charge >= 0.3 is 0 Å². The molecule has 4 heteroatoms. The maximum Gasteiger partial charge on any atom is 0.133 e. The van der Waals surface area contributed by atoms with Crippen molar-refractivity contribution in [2.45, 2.75) is 9.79 Å². The van der Waals surface area contributed by atoms with Crippen LogP contribution in [0.3, 0.4) is 0 Å². The predicted molar refractivity (Wildman–Crippen MR) is 62.0 cm³/mol. The topological polar surface area (TPSA) is 60.7 Å². The van der Waals surface area contributed by atoms with Crippen molar-refractivity contribution in [2.75, 3.05) is 0 Å². The molecule has 16 heavy (non-hydrogen) atoms. The lowest BCUT2D eigenvalue weighted by Crippen LogP contribution is -1.75. The summed E-state index contributed by atoms with van der Waals surface area (Å²) in [6.07, 6.45) is 0. The molecule has 0 aliphatic rings. The molecule has 3 N–H and O–H groups in total. The van der Waals surface area contributed by atoms with Gasteiger partial charge in [0.15, 0.2) is 0 Å². The maximum atomic E-state index is 9.58. The van der Waals surface area contributed by atoms with Crippen LogP contribution in [0.2, 0.25) is 0 Å². The van der Waals surface area contributed by atoms with Crippen LogP contribution in [-0.4, -0.2) is 15.3 Å². The van der Waals surface area contributed by atoms with E-state index in [1.165, 1.54) is 23.9 Å². The average Bonchev–Trinajstić information content (AvgIpc) is 2.25. The molecule has 0 heterocycles. The molecule has 2 aromatic carbocycles. The first-order chi connectivity index (χ1) is 7.65. The first kappa shape index (κ1) is 10.7. The molecule has 0 unspecified atom stereocenters. The maximum absolute atomic E-state index is 9.58. The van der Waals surface area contributed by atoms with Crippen molar-refractivity contribution in [3.05, 3.63) is 42.5 Å². The van der Waals surface area contributed by atoms with E-state index in [2.05, 4.69) is 0 Å². The second kappa shape index (κ2) is 4.37. The zero-order valence-electron chi connectivity index (χ0n) is 8.29. The van der Waals surface area contributed by atoms with E-state index in [4.69, 9.17) is 10.2 Å². The molecule has 82 valence electrons. The molecule has 0 bridgehead atoms. The molecule has 0 aliphatic heterocycles. The Balaban J connectivity index is 2.23. The Bertz CT molecular complexity index is 494. The van der Waals surface area contributed by atoms with Crippen molar-refractivity contribution in [3.63, 3.8) is 0 Å². The minimum atomic E-state index is 0.0348. The highest BCUT2D eigenvalue weighted by molar-refractivity contribution is 7.99. The molecular formula is C12H10O3S. The van der Waals surface area contributed by atoms with E-state index in [1.54, 1.807) is 30.3 Å². The fourth-order valence-electron chi connectivity index (χ4n) is 1.23. The monoisotopic (exact) mass is 234 g/mol. The molecule has 0 saturated carbocycles. The number of aromatic hydroxyl groups is 3. The highest BCUT2D eigenvalue weighted by Gasteiger charge is 2.04. The van der Waals surface area contributed by atoms with Crippen LogP contribution in [0.15, 0.2) is 52.3 Å². The van der Waals surface area contributed by atoms with Crippen LogP contribution in [0, 0.1) is 0 Å². The van der Waals surface area contributed by atoms with Crippen LogP contribution in [-0.2, 0) is 0 Å². The van der Waals surface area contributed by atoms with Crippen LogP contribution < -0.4 is 0 Å². The first-order valence-electron chi connectivity index (χ1n) is 4.64. The van der Waals surface area contributed by atoms with E-state index >= 15 is 0 Å². The van der Waals surface area contributed by atoms with Gasteiger partial charge in [-0.25, -0.2) is 0 Å². The number of phenols is 3. The third-order valence-corrected chi connectivity index (χ3v) is 3.08. The smallest absolute Gasteiger partial charge is 0.133 e. The van der Waals surface area contributed by atoms with E-state index < -0.39 is 0 Å². The Morgan fingerprint density at radius 1 is 0.750 bits per heavy atom. The number of hydrogen-bond acceptors (Lipinski definition) is 4. The van der Waals surface area contributed by atoms with Crippen LogP contribution >= 0.6 is 11.8 Å². The Labute approximate surface area is 97.0 Å². The van der Waals surface area contributed by atoms with Crippen LogP contribution in [0.25, 0.3) is 0 Å². The van der Waals surface area contributed by atoms with E-state index in [0.717, 1.165) is 4.90 Å². The Kier molecular flexibility index (Phi) is 2.92. The number of hydrogen-bond donors (Lipinski definition) is 3. The fraction of sp³-hybridized carbons (Fsp3) is 0. The van der Waals surface area contributed by atoms with Gasteiger partial charge in [-0.05, 0) is 36.4 Å². The molecule has 0 amide bonds. The fourth-order valence-corrected chi connectivity index (χ4v) is 2.06. The minimum absolute atomic E-state index is 0.0348.